The molecule has 0 atom stereocenters. The van der Waals surface area contributed by atoms with Crippen molar-refractivity contribution in [2.75, 3.05) is 19.5 Å². The molecule has 0 spiro atoms. The van der Waals surface area contributed by atoms with Gasteiger partial charge in [0.15, 0.2) is 0 Å². The van der Waals surface area contributed by atoms with Gasteiger partial charge in [-0.3, -0.25) is 9.59 Å². The van der Waals surface area contributed by atoms with Crippen molar-refractivity contribution < 1.29 is 18.7 Å². The number of amides is 1. The highest BCUT2D eigenvalue weighted by atomic mass is 19.1. The first-order chi connectivity index (χ1) is 13.4. The smallest absolute Gasteiger partial charge is 0.333 e. The first-order valence-electron chi connectivity index (χ1n) is 8.08. The molecule has 1 amide bonds. The minimum atomic E-state index is -0.847. The van der Waals surface area contributed by atoms with Gasteiger partial charge in [0.05, 0.1) is 25.6 Å². The van der Waals surface area contributed by atoms with Gasteiger partial charge in [0, 0.05) is 12.3 Å². The summed E-state index contributed by atoms with van der Waals surface area (Å²) >= 11 is 0. The van der Waals surface area contributed by atoms with Gasteiger partial charge >= 0.3 is 5.69 Å². The molecule has 1 heterocycles. The number of aromatic amines is 1. The summed E-state index contributed by atoms with van der Waals surface area (Å²) in [5.74, 6) is -0.414. The third kappa shape index (κ3) is 3.63. The fourth-order valence-electron chi connectivity index (χ4n) is 2.55. The van der Waals surface area contributed by atoms with Gasteiger partial charge < -0.3 is 19.8 Å². The Hall–Kier alpha value is -3.88. The number of ether oxygens (including phenoxy) is 2. The van der Waals surface area contributed by atoms with Crippen molar-refractivity contribution in [1.29, 1.82) is 0 Å². The summed E-state index contributed by atoms with van der Waals surface area (Å²) in [5.41, 5.74) is -1.46. The Morgan fingerprint density at radius 2 is 1.79 bits per heavy atom. The Balaban J connectivity index is 2.00. The maximum atomic E-state index is 13.1. The normalized spacial score (nSPS) is 10.4. The van der Waals surface area contributed by atoms with Crippen molar-refractivity contribution >= 4 is 11.6 Å². The van der Waals surface area contributed by atoms with Crippen molar-refractivity contribution in [2.45, 2.75) is 0 Å². The average molecular weight is 385 g/mol. The molecule has 9 heteroatoms. The van der Waals surface area contributed by atoms with E-state index in [-0.39, 0.29) is 11.3 Å². The highest BCUT2D eigenvalue weighted by molar-refractivity contribution is 6.04. The van der Waals surface area contributed by atoms with E-state index < -0.39 is 23.0 Å². The molecule has 0 aliphatic rings. The van der Waals surface area contributed by atoms with E-state index in [0.717, 1.165) is 22.9 Å². The molecule has 1 aromatic heterocycles. The second kappa shape index (κ2) is 7.78. The van der Waals surface area contributed by atoms with Crippen LogP contribution in [-0.4, -0.2) is 29.7 Å². The van der Waals surface area contributed by atoms with Gasteiger partial charge in [-0.25, -0.2) is 13.8 Å². The number of carbonyl (C=O) groups is 1. The third-order valence-electron chi connectivity index (χ3n) is 3.96. The lowest BCUT2D eigenvalue weighted by atomic mass is 10.2. The van der Waals surface area contributed by atoms with Crippen molar-refractivity contribution in [1.82, 2.24) is 9.55 Å². The minimum Gasteiger partial charge on any atom is -0.497 e. The highest BCUT2D eigenvalue weighted by Crippen LogP contribution is 2.29. The monoisotopic (exact) mass is 385 g/mol. The van der Waals surface area contributed by atoms with E-state index in [2.05, 4.69) is 10.3 Å². The van der Waals surface area contributed by atoms with E-state index in [9.17, 15) is 18.8 Å². The topological polar surface area (TPSA) is 102 Å². The third-order valence-corrected chi connectivity index (χ3v) is 3.96. The summed E-state index contributed by atoms with van der Waals surface area (Å²) in [6, 6.07) is 9.48. The van der Waals surface area contributed by atoms with Crippen molar-refractivity contribution in [3.63, 3.8) is 0 Å². The molecule has 2 N–H and O–H groups in total. The van der Waals surface area contributed by atoms with E-state index in [1.54, 1.807) is 18.2 Å². The van der Waals surface area contributed by atoms with Crippen LogP contribution >= 0.6 is 0 Å². The first kappa shape index (κ1) is 18.9. The predicted octanol–water partition coefficient (Wildman–Crippen LogP) is 1.93. The van der Waals surface area contributed by atoms with Gasteiger partial charge in [-0.2, -0.15) is 0 Å². The second-order valence-electron chi connectivity index (χ2n) is 5.64. The number of carbonyl (C=O) groups excluding carboxylic acids is 1. The molecule has 144 valence electrons. The van der Waals surface area contributed by atoms with Crippen LogP contribution in [0.3, 0.4) is 0 Å². The lowest BCUT2D eigenvalue weighted by molar-refractivity contribution is 0.102. The molecule has 0 aliphatic heterocycles. The first-order valence-corrected chi connectivity index (χ1v) is 8.08. The summed E-state index contributed by atoms with van der Waals surface area (Å²) in [6.45, 7) is 0. The predicted molar refractivity (Wildman–Crippen MR) is 100 cm³/mol. The Morgan fingerprint density at radius 3 is 2.43 bits per heavy atom. The molecule has 28 heavy (non-hydrogen) atoms. The van der Waals surface area contributed by atoms with E-state index in [1.807, 2.05) is 0 Å². The fourth-order valence-corrected chi connectivity index (χ4v) is 2.55. The fraction of sp³-hybridized carbons (Fsp3) is 0.105. The number of methoxy groups -OCH3 is 2. The number of H-pyrrole nitrogens is 1. The zero-order valence-electron chi connectivity index (χ0n) is 15.0. The summed E-state index contributed by atoms with van der Waals surface area (Å²) in [7, 11) is 2.91. The molecule has 0 unspecified atom stereocenters. The number of halogens is 1. The molecule has 2 aromatic carbocycles. The lowest BCUT2D eigenvalue weighted by Gasteiger charge is -2.12. The highest BCUT2D eigenvalue weighted by Gasteiger charge is 2.17. The van der Waals surface area contributed by atoms with Crippen LogP contribution < -0.4 is 26.0 Å². The van der Waals surface area contributed by atoms with Gasteiger partial charge in [0.25, 0.3) is 11.5 Å². The van der Waals surface area contributed by atoms with Gasteiger partial charge in [0.1, 0.15) is 22.9 Å². The maximum absolute atomic E-state index is 13.1. The zero-order valence-corrected chi connectivity index (χ0v) is 15.0. The number of aromatic nitrogens is 2. The second-order valence-corrected chi connectivity index (χ2v) is 5.64. The average Bonchev–Trinajstić information content (AvgIpc) is 2.69. The Kier molecular flexibility index (Phi) is 5.25. The van der Waals surface area contributed by atoms with Gasteiger partial charge in [-0.05, 0) is 36.4 Å². The number of hydrogen-bond donors (Lipinski definition) is 2. The van der Waals surface area contributed by atoms with Gasteiger partial charge in [-0.1, -0.05) is 0 Å². The number of hydrogen-bond acceptors (Lipinski definition) is 5. The number of nitrogens with one attached hydrogen (secondary N) is 2. The molecule has 8 nitrogen and oxygen atoms in total. The maximum Gasteiger partial charge on any atom is 0.333 e. The number of rotatable bonds is 5. The summed E-state index contributed by atoms with van der Waals surface area (Å²) in [6.07, 6.45) is 1.02. The molecule has 3 rings (SSSR count). The quantitative estimate of drug-likeness (QED) is 0.699. The van der Waals surface area contributed by atoms with Crippen LogP contribution in [0, 0.1) is 5.82 Å². The number of nitrogens with zero attached hydrogens (tertiary/aromatic N) is 1. The van der Waals surface area contributed by atoms with Crippen LogP contribution in [-0.2, 0) is 0 Å². The standard InChI is InChI=1S/C19H16FN3O5/c1-27-13-7-8-15(16(9-13)28-2)22-17(24)14-10-21-19(26)23(18(14)25)12-5-3-11(20)4-6-12/h3-10H,1-2H3,(H,21,26)(H,22,24). The van der Waals surface area contributed by atoms with E-state index in [1.165, 1.54) is 26.4 Å². The Labute approximate surface area is 158 Å². The Bertz CT molecular complexity index is 1140. The van der Waals surface area contributed by atoms with Crippen LogP contribution in [0.4, 0.5) is 10.1 Å². The van der Waals surface area contributed by atoms with Crippen LogP contribution in [0.15, 0.2) is 58.3 Å². The Morgan fingerprint density at radius 1 is 1.07 bits per heavy atom. The minimum absolute atomic E-state index is 0.129. The lowest BCUT2D eigenvalue weighted by Crippen LogP contribution is -2.38. The van der Waals surface area contributed by atoms with Crippen LogP contribution in [0.1, 0.15) is 10.4 Å². The number of anilines is 1. The van der Waals surface area contributed by atoms with Crippen molar-refractivity contribution in [2.24, 2.45) is 0 Å². The van der Waals surface area contributed by atoms with Crippen LogP contribution in [0.5, 0.6) is 11.5 Å². The molecule has 0 saturated heterocycles. The largest absolute Gasteiger partial charge is 0.497 e. The molecule has 3 aromatic rings. The SMILES string of the molecule is COc1ccc(NC(=O)c2c[nH]c(=O)n(-c3ccc(F)cc3)c2=O)c(OC)c1. The molecule has 0 fully saturated rings. The van der Waals surface area contributed by atoms with Crippen LogP contribution in [0.25, 0.3) is 5.69 Å². The van der Waals surface area contributed by atoms with Gasteiger partial charge in [-0.15, -0.1) is 0 Å². The molecular weight excluding hydrogens is 369 g/mol. The van der Waals surface area contributed by atoms with Crippen molar-refractivity contribution in [3.8, 4) is 17.2 Å². The van der Waals surface area contributed by atoms with Crippen LogP contribution in [0.2, 0.25) is 0 Å². The van der Waals surface area contributed by atoms with Gasteiger partial charge in [0.2, 0.25) is 0 Å². The zero-order chi connectivity index (χ0) is 20.3. The van der Waals surface area contributed by atoms with E-state index >= 15 is 0 Å². The van der Waals surface area contributed by atoms with E-state index in [0.29, 0.717) is 17.2 Å². The summed E-state index contributed by atoms with van der Waals surface area (Å²) < 4.78 is 24.2. The number of benzene rings is 2. The summed E-state index contributed by atoms with van der Waals surface area (Å²) in [4.78, 5) is 39.7. The molecule has 0 bridgehead atoms. The molecule has 0 aliphatic carbocycles. The molecule has 0 radical (unpaired) electrons. The molecule has 0 saturated carbocycles. The van der Waals surface area contributed by atoms with Crippen molar-refractivity contribution in [3.05, 3.63) is 80.9 Å². The summed E-state index contributed by atoms with van der Waals surface area (Å²) in [5, 5.41) is 2.56. The van der Waals surface area contributed by atoms with E-state index in [4.69, 9.17) is 9.47 Å². The molecular formula is C19H16FN3O5.